The predicted octanol–water partition coefficient (Wildman–Crippen LogP) is 2.48. The van der Waals surface area contributed by atoms with Gasteiger partial charge in [-0.1, -0.05) is 11.6 Å². The van der Waals surface area contributed by atoms with Crippen LogP contribution in [-0.4, -0.2) is 29.1 Å². The molecule has 0 aliphatic carbocycles. The summed E-state index contributed by atoms with van der Waals surface area (Å²) in [5, 5.41) is 12.2. The van der Waals surface area contributed by atoms with Crippen LogP contribution < -0.4 is 5.32 Å². The van der Waals surface area contributed by atoms with Crippen molar-refractivity contribution in [2.24, 2.45) is 0 Å². The number of carbonyl (C=O) groups excluding carboxylic acids is 2. The van der Waals surface area contributed by atoms with Gasteiger partial charge in [-0.3, -0.25) is 9.78 Å². The van der Waals surface area contributed by atoms with Crippen molar-refractivity contribution in [1.29, 1.82) is 0 Å². The smallest absolute Gasteiger partial charge is 0.339 e. The number of esters is 1. The first kappa shape index (κ1) is 14.8. The van der Waals surface area contributed by atoms with E-state index in [1.807, 2.05) is 0 Å². The molecular weight excluding hydrogens is 296 g/mol. The van der Waals surface area contributed by atoms with Gasteiger partial charge in [-0.2, -0.15) is 0 Å². The van der Waals surface area contributed by atoms with E-state index < -0.39 is 11.9 Å². The fraction of sp³-hybridized carbons (Fsp3) is 0.0714. The van der Waals surface area contributed by atoms with Gasteiger partial charge in [0, 0.05) is 11.2 Å². The second-order valence-corrected chi connectivity index (χ2v) is 4.50. The molecule has 1 amide bonds. The van der Waals surface area contributed by atoms with Gasteiger partial charge in [0.15, 0.2) is 0 Å². The van der Waals surface area contributed by atoms with E-state index >= 15 is 0 Å². The summed E-state index contributed by atoms with van der Waals surface area (Å²) in [6.07, 6.45) is 2.49. The van der Waals surface area contributed by atoms with Gasteiger partial charge in [0.1, 0.15) is 5.75 Å². The molecule has 0 saturated heterocycles. The van der Waals surface area contributed by atoms with Crippen molar-refractivity contribution in [3.63, 3.8) is 0 Å². The summed E-state index contributed by atoms with van der Waals surface area (Å²) in [5.41, 5.74) is 0.525. The Morgan fingerprint density at radius 2 is 2.05 bits per heavy atom. The first-order chi connectivity index (χ1) is 10.0. The Balaban J connectivity index is 2.32. The van der Waals surface area contributed by atoms with Crippen LogP contribution in [0.1, 0.15) is 20.7 Å². The summed E-state index contributed by atoms with van der Waals surface area (Å²) in [6.45, 7) is 0. The molecule has 21 heavy (non-hydrogen) atoms. The lowest BCUT2D eigenvalue weighted by molar-refractivity contribution is 0.0602. The molecule has 2 aromatic rings. The van der Waals surface area contributed by atoms with Crippen LogP contribution in [0.4, 0.5) is 5.69 Å². The number of nitrogens with zero attached hydrogens (tertiary/aromatic N) is 1. The number of methoxy groups -OCH3 is 1. The SMILES string of the molecule is COC(=O)c1ccc(Cl)cc1NC(=O)c1cncc(O)c1. The molecule has 0 spiro atoms. The first-order valence-corrected chi connectivity index (χ1v) is 6.22. The van der Waals surface area contributed by atoms with E-state index in [4.69, 9.17) is 11.6 Å². The highest BCUT2D eigenvalue weighted by Crippen LogP contribution is 2.23. The standard InChI is InChI=1S/C14H11ClN2O4/c1-21-14(20)11-3-2-9(15)5-12(11)17-13(19)8-4-10(18)7-16-6-8/h2-7,18H,1H3,(H,17,19). The quantitative estimate of drug-likeness (QED) is 0.850. The molecule has 0 aliphatic rings. The minimum atomic E-state index is -0.601. The molecule has 108 valence electrons. The molecule has 1 heterocycles. The molecule has 2 N–H and O–H groups in total. The number of aromatic nitrogens is 1. The van der Waals surface area contributed by atoms with Crippen molar-refractivity contribution in [3.8, 4) is 5.75 Å². The third-order valence-electron chi connectivity index (χ3n) is 2.62. The van der Waals surface area contributed by atoms with Gasteiger partial charge in [-0.15, -0.1) is 0 Å². The Bertz CT molecular complexity index is 703. The van der Waals surface area contributed by atoms with E-state index in [-0.39, 0.29) is 22.6 Å². The summed E-state index contributed by atoms with van der Waals surface area (Å²) >= 11 is 5.86. The fourth-order valence-corrected chi connectivity index (χ4v) is 1.83. The summed E-state index contributed by atoms with van der Waals surface area (Å²) in [4.78, 5) is 27.4. The molecule has 0 radical (unpaired) electrons. The number of anilines is 1. The number of aromatic hydroxyl groups is 1. The molecule has 0 saturated carbocycles. The Labute approximate surface area is 125 Å². The van der Waals surface area contributed by atoms with Crippen molar-refractivity contribution in [2.75, 3.05) is 12.4 Å². The lowest BCUT2D eigenvalue weighted by Gasteiger charge is -2.10. The van der Waals surface area contributed by atoms with Gasteiger partial charge in [-0.25, -0.2) is 4.79 Å². The number of halogens is 1. The first-order valence-electron chi connectivity index (χ1n) is 5.84. The van der Waals surface area contributed by atoms with Gasteiger partial charge in [0.25, 0.3) is 5.91 Å². The van der Waals surface area contributed by atoms with Gasteiger partial charge in [0.05, 0.1) is 30.1 Å². The fourth-order valence-electron chi connectivity index (χ4n) is 1.65. The van der Waals surface area contributed by atoms with E-state index in [9.17, 15) is 14.7 Å². The minimum absolute atomic E-state index is 0.137. The highest BCUT2D eigenvalue weighted by Gasteiger charge is 2.15. The van der Waals surface area contributed by atoms with Crippen molar-refractivity contribution < 1.29 is 19.4 Å². The summed E-state index contributed by atoms with van der Waals surface area (Å²) < 4.78 is 4.64. The van der Waals surface area contributed by atoms with E-state index in [0.717, 1.165) is 0 Å². The lowest BCUT2D eigenvalue weighted by Crippen LogP contribution is -2.15. The van der Waals surface area contributed by atoms with Gasteiger partial charge in [0.2, 0.25) is 0 Å². The maximum atomic E-state index is 12.1. The highest BCUT2D eigenvalue weighted by molar-refractivity contribution is 6.31. The zero-order valence-electron chi connectivity index (χ0n) is 11.0. The molecule has 2 rings (SSSR count). The monoisotopic (exact) mass is 306 g/mol. The Hall–Kier alpha value is -2.60. The summed E-state index contributed by atoms with van der Waals surface area (Å²) in [6, 6.07) is 5.65. The van der Waals surface area contributed by atoms with Crippen LogP contribution >= 0.6 is 11.6 Å². The number of pyridine rings is 1. The number of ether oxygens (including phenoxy) is 1. The van der Waals surface area contributed by atoms with E-state index in [1.54, 1.807) is 0 Å². The largest absolute Gasteiger partial charge is 0.506 e. The molecule has 0 unspecified atom stereocenters. The third kappa shape index (κ3) is 3.49. The zero-order chi connectivity index (χ0) is 15.4. The normalized spacial score (nSPS) is 10.0. The topological polar surface area (TPSA) is 88.5 Å². The number of hydrogen-bond acceptors (Lipinski definition) is 5. The van der Waals surface area contributed by atoms with Crippen molar-refractivity contribution in [1.82, 2.24) is 4.98 Å². The molecule has 0 bridgehead atoms. The second kappa shape index (κ2) is 6.23. The Morgan fingerprint density at radius 1 is 1.29 bits per heavy atom. The zero-order valence-corrected chi connectivity index (χ0v) is 11.7. The van der Waals surface area contributed by atoms with Crippen molar-refractivity contribution >= 4 is 29.2 Å². The van der Waals surface area contributed by atoms with Crippen LogP contribution in [0.5, 0.6) is 5.75 Å². The van der Waals surface area contributed by atoms with Crippen LogP contribution in [0.3, 0.4) is 0 Å². The molecule has 1 aromatic heterocycles. The van der Waals surface area contributed by atoms with Crippen LogP contribution in [0.2, 0.25) is 5.02 Å². The number of rotatable bonds is 3. The van der Waals surface area contributed by atoms with Crippen molar-refractivity contribution in [2.45, 2.75) is 0 Å². The maximum Gasteiger partial charge on any atom is 0.339 e. The van der Waals surface area contributed by atoms with E-state index in [0.29, 0.717) is 5.02 Å². The molecule has 0 aliphatic heterocycles. The maximum absolute atomic E-state index is 12.1. The molecular formula is C14H11ClN2O4. The van der Waals surface area contributed by atoms with Gasteiger partial charge in [-0.05, 0) is 24.3 Å². The molecule has 1 aromatic carbocycles. The number of hydrogen-bond donors (Lipinski definition) is 2. The minimum Gasteiger partial charge on any atom is -0.506 e. The lowest BCUT2D eigenvalue weighted by atomic mass is 10.1. The van der Waals surface area contributed by atoms with E-state index in [1.165, 1.54) is 43.8 Å². The third-order valence-corrected chi connectivity index (χ3v) is 2.86. The van der Waals surface area contributed by atoms with Crippen LogP contribution in [0.15, 0.2) is 36.7 Å². The van der Waals surface area contributed by atoms with Crippen LogP contribution in [0.25, 0.3) is 0 Å². The average Bonchev–Trinajstić information content (AvgIpc) is 2.46. The number of nitrogens with one attached hydrogen (secondary N) is 1. The Kier molecular flexibility index (Phi) is 4.39. The molecule has 0 atom stereocenters. The average molecular weight is 307 g/mol. The summed E-state index contributed by atoms with van der Waals surface area (Å²) in [5.74, 6) is -1.27. The van der Waals surface area contributed by atoms with Crippen molar-refractivity contribution in [3.05, 3.63) is 52.8 Å². The van der Waals surface area contributed by atoms with Crippen LogP contribution in [-0.2, 0) is 4.74 Å². The number of benzene rings is 1. The van der Waals surface area contributed by atoms with Gasteiger partial charge < -0.3 is 15.2 Å². The van der Waals surface area contributed by atoms with Crippen LogP contribution in [0, 0.1) is 0 Å². The molecule has 6 nitrogen and oxygen atoms in total. The summed E-state index contributed by atoms with van der Waals surface area (Å²) in [7, 11) is 1.24. The highest BCUT2D eigenvalue weighted by atomic mass is 35.5. The number of amides is 1. The Morgan fingerprint density at radius 3 is 2.71 bits per heavy atom. The van der Waals surface area contributed by atoms with Gasteiger partial charge >= 0.3 is 5.97 Å². The number of carbonyl (C=O) groups is 2. The molecule has 0 fully saturated rings. The second-order valence-electron chi connectivity index (χ2n) is 4.07. The molecule has 7 heteroatoms. The predicted molar refractivity (Wildman–Crippen MR) is 76.6 cm³/mol. The van der Waals surface area contributed by atoms with E-state index in [2.05, 4.69) is 15.0 Å².